The standard InChI is InChI=1S/C16H13F3N2O2S/c17-16(18,19)14-3-1-2-12(10-14)8-9-21-24(22,23)15-6-4-13(11-20)5-7-15/h1-7,10,21H,8-9H2. The van der Waals surface area contributed by atoms with Crippen LogP contribution >= 0.6 is 0 Å². The van der Waals surface area contributed by atoms with E-state index in [1.807, 2.05) is 6.07 Å². The monoisotopic (exact) mass is 354 g/mol. The quantitative estimate of drug-likeness (QED) is 0.897. The van der Waals surface area contributed by atoms with Gasteiger partial charge in [0.25, 0.3) is 0 Å². The number of hydrogen-bond acceptors (Lipinski definition) is 3. The first-order valence-electron chi connectivity index (χ1n) is 6.88. The molecule has 0 saturated heterocycles. The van der Waals surface area contributed by atoms with E-state index in [1.165, 1.54) is 36.4 Å². The molecule has 0 aromatic heterocycles. The van der Waals surface area contributed by atoms with Gasteiger partial charge in [-0.05, 0) is 42.3 Å². The number of halogens is 3. The fraction of sp³-hybridized carbons (Fsp3) is 0.188. The number of nitrogens with zero attached hydrogens (tertiary/aromatic N) is 1. The molecule has 0 aliphatic rings. The van der Waals surface area contributed by atoms with Crippen LogP contribution in [0.3, 0.4) is 0 Å². The summed E-state index contributed by atoms with van der Waals surface area (Å²) in [5.74, 6) is 0. The van der Waals surface area contributed by atoms with E-state index in [0.717, 1.165) is 12.1 Å². The summed E-state index contributed by atoms with van der Waals surface area (Å²) in [7, 11) is -3.78. The van der Waals surface area contributed by atoms with Gasteiger partial charge in [-0.15, -0.1) is 0 Å². The summed E-state index contributed by atoms with van der Waals surface area (Å²) in [5, 5.41) is 8.68. The minimum atomic E-state index is -4.43. The Hall–Kier alpha value is -2.37. The van der Waals surface area contributed by atoms with Crippen molar-refractivity contribution in [3.05, 3.63) is 65.2 Å². The molecule has 126 valence electrons. The highest BCUT2D eigenvalue weighted by Gasteiger charge is 2.30. The highest BCUT2D eigenvalue weighted by molar-refractivity contribution is 7.89. The molecule has 0 spiro atoms. The van der Waals surface area contributed by atoms with Crippen molar-refractivity contribution in [3.63, 3.8) is 0 Å². The average Bonchev–Trinajstić information content (AvgIpc) is 2.54. The molecule has 0 unspecified atom stereocenters. The van der Waals surface area contributed by atoms with Gasteiger partial charge in [0, 0.05) is 6.54 Å². The van der Waals surface area contributed by atoms with Crippen molar-refractivity contribution >= 4 is 10.0 Å². The normalized spacial score (nSPS) is 11.9. The maximum absolute atomic E-state index is 12.6. The van der Waals surface area contributed by atoms with Gasteiger partial charge in [0.15, 0.2) is 0 Å². The van der Waals surface area contributed by atoms with Gasteiger partial charge in [-0.2, -0.15) is 18.4 Å². The SMILES string of the molecule is N#Cc1ccc(S(=O)(=O)NCCc2cccc(C(F)(F)F)c2)cc1. The second kappa shape index (κ2) is 7.03. The number of benzene rings is 2. The molecule has 0 atom stereocenters. The first kappa shape index (κ1) is 18.0. The van der Waals surface area contributed by atoms with Crippen molar-refractivity contribution in [2.45, 2.75) is 17.5 Å². The molecule has 0 saturated carbocycles. The molecule has 0 aliphatic heterocycles. The molecule has 24 heavy (non-hydrogen) atoms. The first-order chi connectivity index (χ1) is 11.2. The molecule has 0 amide bonds. The summed E-state index contributed by atoms with van der Waals surface area (Å²) in [6.45, 7) is -0.0381. The van der Waals surface area contributed by atoms with Crippen LogP contribution in [-0.2, 0) is 22.6 Å². The fourth-order valence-electron chi connectivity index (χ4n) is 2.02. The number of nitrogens with one attached hydrogen (secondary N) is 1. The van der Waals surface area contributed by atoms with Gasteiger partial charge >= 0.3 is 6.18 Å². The topological polar surface area (TPSA) is 70.0 Å². The van der Waals surface area contributed by atoms with Crippen molar-refractivity contribution in [1.29, 1.82) is 5.26 Å². The zero-order chi connectivity index (χ0) is 17.8. The van der Waals surface area contributed by atoms with Crippen LogP contribution in [0.4, 0.5) is 13.2 Å². The fourth-order valence-corrected chi connectivity index (χ4v) is 3.06. The van der Waals surface area contributed by atoms with E-state index in [4.69, 9.17) is 5.26 Å². The number of rotatable bonds is 5. The Balaban J connectivity index is 2.02. The number of nitriles is 1. The predicted molar refractivity (Wildman–Crippen MR) is 81.5 cm³/mol. The van der Waals surface area contributed by atoms with Gasteiger partial charge in [0.1, 0.15) is 0 Å². The number of alkyl halides is 3. The van der Waals surface area contributed by atoms with Crippen LogP contribution in [0.2, 0.25) is 0 Å². The zero-order valence-corrected chi connectivity index (χ0v) is 13.2. The van der Waals surface area contributed by atoms with E-state index in [-0.39, 0.29) is 17.9 Å². The zero-order valence-electron chi connectivity index (χ0n) is 12.3. The average molecular weight is 354 g/mol. The molecule has 2 rings (SSSR count). The van der Waals surface area contributed by atoms with Crippen LogP contribution in [0, 0.1) is 11.3 Å². The van der Waals surface area contributed by atoms with Crippen LogP contribution in [0.5, 0.6) is 0 Å². The summed E-state index contributed by atoms with van der Waals surface area (Å²) >= 11 is 0. The van der Waals surface area contributed by atoms with Crippen LogP contribution in [0.25, 0.3) is 0 Å². The molecule has 0 bridgehead atoms. The molecule has 1 N–H and O–H groups in total. The van der Waals surface area contributed by atoms with Crippen LogP contribution < -0.4 is 4.72 Å². The van der Waals surface area contributed by atoms with Gasteiger partial charge < -0.3 is 0 Å². The van der Waals surface area contributed by atoms with Crippen LogP contribution in [0.15, 0.2) is 53.4 Å². The molecule has 0 heterocycles. The van der Waals surface area contributed by atoms with Gasteiger partial charge in [0.05, 0.1) is 22.1 Å². The maximum Gasteiger partial charge on any atom is 0.416 e. The van der Waals surface area contributed by atoms with Gasteiger partial charge in [-0.25, -0.2) is 13.1 Å². The molecule has 2 aromatic rings. The second-order valence-corrected chi connectivity index (χ2v) is 6.75. The Bertz CT molecular complexity index is 854. The third-order valence-corrected chi connectivity index (χ3v) is 4.73. The Morgan fingerprint density at radius 3 is 2.33 bits per heavy atom. The molecule has 0 radical (unpaired) electrons. The van der Waals surface area contributed by atoms with E-state index in [0.29, 0.717) is 11.1 Å². The summed E-state index contributed by atoms with van der Waals surface area (Å²) in [4.78, 5) is -0.00876. The van der Waals surface area contributed by atoms with Crippen molar-refractivity contribution in [2.24, 2.45) is 0 Å². The lowest BCUT2D eigenvalue weighted by atomic mass is 10.1. The summed E-state index contributed by atoms with van der Waals surface area (Å²) in [6.07, 6.45) is -4.31. The molecule has 0 aliphatic carbocycles. The second-order valence-electron chi connectivity index (χ2n) is 4.98. The lowest BCUT2D eigenvalue weighted by Crippen LogP contribution is -2.26. The van der Waals surface area contributed by atoms with Gasteiger partial charge in [-0.1, -0.05) is 18.2 Å². The lowest BCUT2D eigenvalue weighted by molar-refractivity contribution is -0.137. The minimum Gasteiger partial charge on any atom is -0.211 e. The van der Waals surface area contributed by atoms with Crippen LogP contribution in [-0.4, -0.2) is 15.0 Å². The molecule has 8 heteroatoms. The minimum absolute atomic E-state index is 0.00876. The smallest absolute Gasteiger partial charge is 0.211 e. The highest BCUT2D eigenvalue weighted by atomic mass is 32.2. The summed E-state index contributed by atoms with van der Waals surface area (Å²) in [6, 6.07) is 12.0. The number of sulfonamides is 1. The largest absolute Gasteiger partial charge is 0.416 e. The van der Waals surface area contributed by atoms with E-state index in [1.54, 1.807) is 0 Å². The van der Waals surface area contributed by atoms with E-state index < -0.39 is 21.8 Å². The van der Waals surface area contributed by atoms with Gasteiger partial charge in [0.2, 0.25) is 10.0 Å². The van der Waals surface area contributed by atoms with E-state index in [9.17, 15) is 21.6 Å². The molecule has 0 fully saturated rings. The predicted octanol–water partition coefficient (Wildman–Crippen LogP) is 3.10. The van der Waals surface area contributed by atoms with Crippen molar-refractivity contribution in [3.8, 4) is 6.07 Å². The summed E-state index contributed by atoms with van der Waals surface area (Å²) < 4.78 is 64.4. The third kappa shape index (κ3) is 4.57. The van der Waals surface area contributed by atoms with E-state index >= 15 is 0 Å². The highest BCUT2D eigenvalue weighted by Crippen LogP contribution is 2.29. The lowest BCUT2D eigenvalue weighted by Gasteiger charge is -2.10. The third-order valence-electron chi connectivity index (χ3n) is 3.25. The molecule has 4 nitrogen and oxygen atoms in total. The van der Waals surface area contributed by atoms with Gasteiger partial charge in [-0.3, -0.25) is 0 Å². The Morgan fingerprint density at radius 2 is 1.75 bits per heavy atom. The van der Waals surface area contributed by atoms with Crippen molar-refractivity contribution in [1.82, 2.24) is 4.72 Å². The van der Waals surface area contributed by atoms with E-state index in [2.05, 4.69) is 4.72 Å². The Kier molecular flexibility index (Phi) is 5.26. The molecular formula is C16H13F3N2O2S. The van der Waals surface area contributed by atoms with Crippen LogP contribution in [0.1, 0.15) is 16.7 Å². The number of hydrogen-bond donors (Lipinski definition) is 1. The van der Waals surface area contributed by atoms with Crippen molar-refractivity contribution < 1.29 is 21.6 Å². The maximum atomic E-state index is 12.6. The van der Waals surface area contributed by atoms with Crippen molar-refractivity contribution in [2.75, 3.05) is 6.54 Å². The molecule has 2 aromatic carbocycles. The first-order valence-corrected chi connectivity index (χ1v) is 8.37. The Labute approximate surface area is 137 Å². The summed E-state index contributed by atoms with van der Waals surface area (Å²) in [5.41, 5.74) is -0.0554. The molecular weight excluding hydrogens is 341 g/mol. The Morgan fingerprint density at radius 1 is 1.08 bits per heavy atom.